The lowest BCUT2D eigenvalue weighted by Gasteiger charge is -2.26. The van der Waals surface area contributed by atoms with Crippen LogP contribution in [0.3, 0.4) is 0 Å². The number of ether oxygens (including phenoxy) is 1. The smallest absolute Gasteiger partial charge is 0.336 e. The molecule has 0 aromatic heterocycles. The summed E-state index contributed by atoms with van der Waals surface area (Å²) < 4.78 is 4.57. The zero-order valence-corrected chi connectivity index (χ0v) is 12.6. The molecule has 1 aromatic rings. The molecule has 10 heteroatoms. The second-order valence-electron chi connectivity index (χ2n) is 4.88. The molecule has 0 aliphatic rings. The predicted octanol–water partition coefficient (Wildman–Crippen LogP) is -1.43. The molecule has 0 amide bonds. The molecule has 1 aromatic carbocycles. The van der Waals surface area contributed by atoms with Crippen LogP contribution < -0.4 is 0 Å². The van der Waals surface area contributed by atoms with Crippen molar-refractivity contribution >= 4 is 24.0 Å². The number of esters is 1. The summed E-state index contributed by atoms with van der Waals surface area (Å²) in [5, 5.41) is 54.9. The number of phenols is 1. The van der Waals surface area contributed by atoms with E-state index in [9.17, 15) is 29.7 Å². The fourth-order valence-corrected chi connectivity index (χ4v) is 1.71. The average Bonchev–Trinajstić information content (AvgIpc) is 2.57. The molecule has 0 heterocycles. The van der Waals surface area contributed by atoms with E-state index in [2.05, 4.69) is 4.74 Å². The number of carboxylic acid groups (broad SMARTS) is 2. The van der Waals surface area contributed by atoms with Crippen molar-refractivity contribution in [2.75, 3.05) is 0 Å². The molecule has 0 unspecified atom stereocenters. The first-order chi connectivity index (χ1) is 11.6. The van der Waals surface area contributed by atoms with Crippen molar-refractivity contribution < 1.29 is 49.8 Å². The van der Waals surface area contributed by atoms with Crippen molar-refractivity contribution in [1.29, 1.82) is 0 Å². The Morgan fingerprint density at radius 3 is 1.92 bits per heavy atom. The zero-order valence-electron chi connectivity index (χ0n) is 12.6. The van der Waals surface area contributed by atoms with Crippen LogP contribution in [0.2, 0.25) is 0 Å². The lowest BCUT2D eigenvalue weighted by Crippen LogP contribution is -2.52. The fourth-order valence-electron chi connectivity index (χ4n) is 1.71. The van der Waals surface area contributed by atoms with E-state index in [1.165, 1.54) is 30.3 Å². The molecule has 1 rings (SSSR count). The second kappa shape index (κ2) is 8.78. The highest BCUT2D eigenvalue weighted by Crippen LogP contribution is 2.13. The molecule has 136 valence electrons. The monoisotopic (exact) mass is 356 g/mol. The molecular formula is C15H16O10. The van der Waals surface area contributed by atoms with Crippen molar-refractivity contribution in [3.8, 4) is 5.75 Å². The summed E-state index contributed by atoms with van der Waals surface area (Å²) in [6.45, 7) is 0. The third-order valence-corrected chi connectivity index (χ3v) is 3.03. The van der Waals surface area contributed by atoms with Crippen LogP contribution in [-0.2, 0) is 19.1 Å². The van der Waals surface area contributed by atoms with E-state index < -0.39 is 42.3 Å². The molecule has 0 bridgehead atoms. The number of aromatic hydroxyl groups is 1. The van der Waals surface area contributed by atoms with Gasteiger partial charge >= 0.3 is 17.9 Å². The number of aliphatic hydroxyl groups excluding tert-OH is 3. The summed E-state index contributed by atoms with van der Waals surface area (Å²) in [6.07, 6.45) is -7.49. The normalized spacial score (nSPS) is 16.0. The van der Waals surface area contributed by atoms with E-state index in [1.54, 1.807) is 0 Å². The average molecular weight is 356 g/mol. The third-order valence-electron chi connectivity index (χ3n) is 3.03. The number of aliphatic hydroxyl groups is 3. The number of aliphatic carboxylic acids is 2. The summed E-state index contributed by atoms with van der Waals surface area (Å²) >= 11 is 0. The van der Waals surface area contributed by atoms with Crippen LogP contribution in [0, 0.1) is 0 Å². The quantitative estimate of drug-likeness (QED) is 0.238. The zero-order chi connectivity index (χ0) is 19.1. The number of phenolic OH excluding ortho intramolecular Hbond substituents is 1. The van der Waals surface area contributed by atoms with Gasteiger partial charge < -0.3 is 35.4 Å². The van der Waals surface area contributed by atoms with Gasteiger partial charge in [0.25, 0.3) is 0 Å². The largest absolute Gasteiger partial charge is 0.508 e. The van der Waals surface area contributed by atoms with Gasteiger partial charge in [-0.05, 0) is 23.8 Å². The molecule has 6 N–H and O–H groups in total. The molecule has 0 aliphatic carbocycles. The van der Waals surface area contributed by atoms with Gasteiger partial charge in [-0.3, -0.25) is 0 Å². The molecule has 0 radical (unpaired) electrons. The highest BCUT2D eigenvalue weighted by Gasteiger charge is 2.41. The van der Waals surface area contributed by atoms with Crippen LogP contribution in [0.15, 0.2) is 30.3 Å². The van der Waals surface area contributed by atoms with Crippen molar-refractivity contribution in [1.82, 2.24) is 0 Å². The maximum absolute atomic E-state index is 11.7. The van der Waals surface area contributed by atoms with Gasteiger partial charge in [0.1, 0.15) is 11.9 Å². The number of hydrogen-bond donors (Lipinski definition) is 6. The summed E-state index contributed by atoms with van der Waals surface area (Å²) in [5.41, 5.74) is 0.469. The van der Waals surface area contributed by atoms with Gasteiger partial charge in [-0.1, -0.05) is 12.1 Å². The minimum absolute atomic E-state index is 0.00449. The van der Waals surface area contributed by atoms with E-state index >= 15 is 0 Å². The Bertz CT molecular complexity index is 651. The van der Waals surface area contributed by atoms with Crippen molar-refractivity contribution in [3.63, 3.8) is 0 Å². The van der Waals surface area contributed by atoms with Crippen LogP contribution in [0.25, 0.3) is 6.08 Å². The van der Waals surface area contributed by atoms with E-state index in [-0.39, 0.29) is 5.75 Å². The van der Waals surface area contributed by atoms with Gasteiger partial charge in [0, 0.05) is 6.08 Å². The van der Waals surface area contributed by atoms with E-state index in [0.717, 1.165) is 6.08 Å². The van der Waals surface area contributed by atoms with Crippen LogP contribution in [0.5, 0.6) is 5.75 Å². The first-order valence-corrected chi connectivity index (χ1v) is 6.81. The van der Waals surface area contributed by atoms with Crippen molar-refractivity contribution in [3.05, 3.63) is 35.9 Å². The molecule has 4 atom stereocenters. The number of carbonyl (C=O) groups is 3. The summed E-state index contributed by atoms with van der Waals surface area (Å²) in [6, 6.07) is 5.58. The predicted molar refractivity (Wildman–Crippen MR) is 80.3 cm³/mol. The maximum Gasteiger partial charge on any atom is 0.336 e. The molecule has 0 saturated carbocycles. The Kier molecular flexibility index (Phi) is 7.06. The Labute approximate surface area is 140 Å². The molecule has 25 heavy (non-hydrogen) atoms. The lowest BCUT2D eigenvalue weighted by atomic mass is 10.0. The summed E-state index contributed by atoms with van der Waals surface area (Å²) in [4.78, 5) is 33.2. The lowest BCUT2D eigenvalue weighted by molar-refractivity contribution is -0.184. The van der Waals surface area contributed by atoms with Crippen LogP contribution in [0.1, 0.15) is 5.56 Å². The molecule has 0 spiro atoms. The van der Waals surface area contributed by atoms with Gasteiger partial charge in [0.2, 0.25) is 0 Å². The molecular weight excluding hydrogens is 340 g/mol. The number of benzene rings is 1. The maximum atomic E-state index is 11.7. The highest BCUT2D eigenvalue weighted by molar-refractivity contribution is 5.87. The van der Waals surface area contributed by atoms with Gasteiger partial charge in [-0.2, -0.15) is 0 Å². The Balaban J connectivity index is 2.89. The topological polar surface area (TPSA) is 182 Å². The van der Waals surface area contributed by atoms with E-state index in [0.29, 0.717) is 5.56 Å². The Morgan fingerprint density at radius 1 is 0.920 bits per heavy atom. The summed E-state index contributed by atoms with van der Waals surface area (Å²) in [5.74, 6) is -4.99. The summed E-state index contributed by atoms with van der Waals surface area (Å²) in [7, 11) is 0. The third kappa shape index (κ3) is 5.88. The number of carboxylic acids is 2. The van der Waals surface area contributed by atoms with Gasteiger partial charge in [0.15, 0.2) is 18.3 Å². The first-order valence-electron chi connectivity index (χ1n) is 6.81. The van der Waals surface area contributed by atoms with E-state index in [1.807, 2.05) is 0 Å². The minimum atomic E-state index is -2.48. The Hall–Kier alpha value is -2.95. The number of rotatable bonds is 8. The minimum Gasteiger partial charge on any atom is -0.508 e. The van der Waals surface area contributed by atoms with E-state index in [4.69, 9.17) is 15.3 Å². The second-order valence-corrected chi connectivity index (χ2v) is 4.88. The van der Waals surface area contributed by atoms with Gasteiger partial charge in [-0.15, -0.1) is 0 Å². The first kappa shape index (κ1) is 20.1. The standard InChI is InChI=1S/C15H16O10/c16-8-4-1-7(2-5-8)3-6-9(17)25-13(12(20)15(23)24)10(18)11(19)14(21)22/h1-6,10-13,16,18-20H,(H,21,22)(H,23,24)/b6-3+/t10-,11-,12+,13+/m1/s1. The van der Waals surface area contributed by atoms with Crippen LogP contribution in [-0.4, -0.2) is 73.0 Å². The number of hydrogen-bond acceptors (Lipinski definition) is 8. The highest BCUT2D eigenvalue weighted by atomic mass is 16.6. The molecule has 10 nitrogen and oxygen atoms in total. The Morgan fingerprint density at radius 2 is 1.44 bits per heavy atom. The number of carbonyl (C=O) groups excluding carboxylic acids is 1. The molecule has 0 aliphatic heterocycles. The van der Waals surface area contributed by atoms with Crippen LogP contribution >= 0.6 is 0 Å². The molecule has 0 fully saturated rings. The van der Waals surface area contributed by atoms with Crippen LogP contribution in [0.4, 0.5) is 0 Å². The molecule has 0 saturated heterocycles. The van der Waals surface area contributed by atoms with Gasteiger partial charge in [0.05, 0.1) is 0 Å². The van der Waals surface area contributed by atoms with Crippen molar-refractivity contribution in [2.45, 2.75) is 24.4 Å². The van der Waals surface area contributed by atoms with Gasteiger partial charge in [-0.25, -0.2) is 14.4 Å². The fraction of sp³-hybridized carbons (Fsp3) is 0.267. The van der Waals surface area contributed by atoms with Crippen molar-refractivity contribution in [2.24, 2.45) is 0 Å². The SMILES string of the molecule is O=C(/C=C/c1ccc(O)cc1)O[C@@H]([C@H](O)[C@@H](O)C(=O)O)[C@H](O)C(=O)O.